The monoisotopic (exact) mass is 1130 g/mol. The number of hydrogen-bond acceptors (Lipinski definition) is 13. The largest absolute Gasteiger partial charge is 0.493 e. The minimum absolute atomic E-state index is 0. The predicted octanol–water partition coefficient (Wildman–Crippen LogP) is 9.73. The van der Waals surface area contributed by atoms with Crippen LogP contribution in [0.25, 0.3) is 33.8 Å². The number of aromatic nitrogens is 6. The molecule has 2 atom stereocenters. The van der Waals surface area contributed by atoms with Gasteiger partial charge in [0.2, 0.25) is 0 Å². The molecule has 0 radical (unpaired) electrons. The highest BCUT2D eigenvalue weighted by Crippen LogP contribution is 2.36. The summed E-state index contributed by atoms with van der Waals surface area (Å²) < 4.78 is 25.5. The van der Waals surface area contributed by atoms with E-state index in [0.29, 0.717) is 114 Å². The highest BCUT2D eigenvalue weighted by atomic mass is 35.5. The number of carboxylic acid groups (broad SMARTS) is 1. The van der Waals surface area contributed by atoms with Crippen LogP contribution in [0, 0.1) is 0 Å². The number of amides is 1. The van der Waals surface area contributed by atoms with E-state index in [1.54, 1.807) is 51.9 Å². The molecule has 8 aromatic rings. The van der Waals surface area contributed by atoms with Crippen molar-refractivity contribution in [3.05, 3.63) is 152 Å². The van der Waals surface area contributed by atoms with Gasteiger partial charge in [0.25, 0.3) is 5.91 Å². The van der Waals surface area contributed by atoms with Crippen LogP contribution in [0.4, 0.5) is 11.4 Å². The van der Waals surface area contributed by atoms with Crippen molar-refractivity contribution in [1.82, 2.24) is 34.5 Å². The first-order valence-electron chi connectivity index (χ1n) is 23.6. The van der Waals surface area contributed by atoms with Crippen LogP contribution in [0.3, 0.4) is 0 Å². The van der Waals surface area contributed by atoms with Gasteiger partial charge in [-0.25, -0.2) is 23.8 Å². The van der Waals surface area contributed by atoms with Crippen molar-refractivity contribution in [3.63, 3.8) is 0 Å². The summed E-state index contributed by atoms with van der Waals surface area (Å²) in [6.07, 6.45) is 7.93. The van der Waals surface area contributed by atoms with E-state index >= 15 is 0 Å². The Hall–Kier alpha value is -6.00. The Morgan fingerprint density at radius 1 is 0.587 bits per heavy atom. The van der Waals surface area contributed by atoms with Gasteiger partial charge in [-0.2, -0.15) is 37.2 Å². The Morgan fingerprint density at radius 2 is 1.03 bits per heavy atom. The van der Waals surface area contributed by atoms with Crippen molar-refractivity contribution in [2.24, 2.45) is 5.73 Å². The fraction of sp³-hybridized carbons (Fsp3) is 0.269. The van der Waals surface area contributed by atoms with Crippen LogP contribution >= 0.6 is 73.4 Å². The van der Waals surface area contributed by atoms with E-state index in [4.69, 9.17) is 71.1 Å². The summed E-state index contributed by atoms with van der Waals surface area (Å²) >= 11 is 24.7. The molecule has 4 aliphatic rings. The number of anilines is 2. The van der Waals surface area contributed by atoms with Gasteiger partial charge in [0.1, 0.15) is 17.1 Å². The molecule has 0 saturated carbocycles. The molecule has 2 saturated heterocycles. The summed E-state index contributed by atoms with van der Waals surface area (Å²) in [7, 11) is 0. The molecule has 0 aliphatic carbocycles. The molecule has 0 spiro atoms. The number of carboxylic acids is 1. The van der Waals surface area contributed by atoms with Gasteiger partial charge in [-0.1, -0.05) is 82.8 Å². The van der Waals surface area contributed by atoms with E-state index in [1.165, 1.54) is 6.20 Å². The minimum atomic E-state index is -1.04. The van der Waals surface area contributed by atoms with Gasteiger partial charge in [0.15, 0.2) is 11.3 Å². The number of carbonyl (C=O) groups is 2. The first kappa shape index (κ1) is 55.2. The Morgan fingerprint density at radius 3 is 1.52 bits per heavy atom. The molecule has 4 aromatic carbocycles. The first-order chi connectivity index (χ1) is 35.5. The summed E-state index contributed by atoms with van der Waals surface area (Å²) in [5.74, 6) is 0.501. The van der Waals surface area contributed by atoms with Crippen molar-refractivity contribution < 1.29 is 33.6 Å². The van der Waals surface area contributed by atoms with E-state index in [1.807, 2.05) is 65.6 Å². The molecule has 75 heavy (non-hydrogen) atoms. The van der Waals surface area contributed by atoms with Crippen molar-refractivity contribution >= 4 is 108 Å². The Kier molecular flexibility index (Phi) is 18.2. The standard InChI is InChI=1S/C26H23Cl2N5O3.C17H14Cl2N4O3.C9H11NO.2H2S/c27-17-11-16(12-18(28)13-17)22-15-29-25-24(32-6-9-35-10-7-32)20(14-30-33(22)25)26(34)31-21-5-8-36-23-4-2-1-3-19(21)23;18-11-5-10(6-12(19)7-11)14-9-20-16-15(22-1-3-26-4-2-22)13(17(24)25)8-21-23(14)16;10-8-5-6-11-9-4-2-1-3-7(8)9;;/h1-4,11-15,21H,5-10H2,(H,31,34);5-9H,1-4H2,(H,24,25);1-4,8H,5-6,10H2;2*1H2/t21-;;8-;;/m0.0../s1. The molecule has 8 heterocycles. The number of morpholine rings is 2. The second-order valence-corrected chi connectivity index (χ2v) is 19.1. The number of imidazole rings is 2. The Bertz CT molecular complexity index is 3300. The van der Waals surface area contributed by atoms with E-state index < -0.39 is 5.97 Å². The second kappa shape index (κ2) is 24.8. The zero-order chi connectivity index (χ0) is 50.6. The molecule has 4 N–H and O–H groups in total. The normalized spacial score (nSPS) is 16.8. The molecule has 4 aliphatic heterocycles. The van der Waals surface area contributed by atoms with Crippen LogP contribution in [0.2, 0.25) is 20.1 Å². The van der Waals surface area contributed by atoms with Crippen LogP contribution in [0.1, 0.15) is 56.8 Å². The third-order valence-corrected chi connectivity index (χ3v) is 13.6. The third-order valence-electron chi connectivity index (χ3n) is 12.7. The number of rotatable bonds is 7. The number of para-hydroxylation sites is 2. The number of nitrogens with two attached hydrogens (primary N) is 1. The summed E-state index contributed by atoms with van der Waals surface area (Å²) in [6, 6.07) is 26.2. The molecule has 4 aromatic heterocycles. The molecule has 23 heteroatoms. The number of benzene rings is 4. The molecule has 0 bridgehead atoms. The molecule has 17 nitrogen and oxygen atoms in total. The predicted molar refractivity (Wildman–Crippen MR) is 301 cm³/mol. The van der Waals surface area contributed by atoms with Crippen LogP contribution < -0.4 is 30.3 Å². The fourth-order valence-electron chi connectivity index (χ4n) is 9.26. The molecule has 1 amide bonds. The van der Waals surface area contributed by atoms with Crippen molar-refractivity contribution in [2.75, 3.05) is 75.6 Å². The quantitative estimate of drug-likeness (QED) is 0.136. The summed E-state index contributed by atoms with van der Waals surface area (Å²) in [4.78, 5) is 38.6. The van der Waals surface area contributed by atoms with E-state index in [0.717, 1.165) is 58.2 Å². The van der Waals surface area contributed by atoms with Crippen LogP contribution in [-0.2, 0) is 9.47 Å². The second-order valence-electron chi connectivity index (χ2n) is 17.4. The van der Waals surface area contributed by atoms with Gasteiger partial charge < -0.3 is 44.9 Å². The lowest BCUT2D eigenvalue weighted by molar-refractivity contribution is 0.0695. The maximum Gasteiger partial charge on any atom is 0.339 e. The van der Waals surface area contributed by atoms with Gasteiger partial charge in [-0.3, -0.25) is 4.79 Å². The van der Waals surface area contributed by atoms with E-state index in [9.17, 15) is 14.7 Å². The highest BCUT2D eigenvalue weighted by molar-refractivity contribution is 7.59. The van der Waals surface area contributed by atoms with Crippen molar-refractivity contribution in [2.45, 2.75) is 24.9 Å². The Balaban J connectivity index is 0.000000167. The fourth-order valence-corrected chi connectivity index (χ4v) is 10.3. The van der Waals surface area contributed by atoms with Gasteiger partial charge in [0.05, 0.1) is 98.8 Å². The molecule has 392 valence electrons. The third kappa shape index (κ3) is 12.2. The number of carbonyl (C=O) groups excluding carboxylic acids is 1. The van der Waals surface area contributed by atoms with Crippen LogP contribution in [-0.4, -0.2) is 112 Å². The lowest BCUT2D eigenvalue weighted by atomic mass is 10.00. The van der Waals surface area contributed by atoms with Crippen molar-refractivity contribution in [3.8, 4) is 34.0 Å². The van der Waals surface area contributed by atoms with E-state index in [2.05, 4.69) is 30.4 Å². The molecular weight excluding hydrogens is 1080 g/mol. The lowest BCUT2D eigenvalue weighted by Crippen LogP contribution is -2.39. The van der Waals surface area contributed by atoms with Crippen molar-refractivity contribution in [1.29, 1.82) is 0 Å². The highest BCUT2D eigenvalue weighted by Gasteiger charge is 2.30. The van der Waals surface area contributed by atoms with Gasteiger partial charge >= 0.3 is 5.97 Å². The number of hydrogen-bond donors (Lipinski definition) is 3. The zero-order valence-electron chi connectivity index (χ0n) is 40.1. The molecule has 12 rings (SSSR count). The number of halogens is 4. The number of nitrogens with zero attached hydrogens (tertiary/aromatic N) is 8. The van der Waals surface area contributed by atoms with Gasteiger partial charge in [-0.05, 0) is 48.5 Å². The van der Waals surface area contributed by atoms with Crippen LogP contribution in [0.5, 0.6) is 11.5 Å². The lowest BCUT2D eigenvalue weighted by Gasteiger charge is -2.31. The summed E-state index contributed by atoms with van der Waals surface area (Å²) in [5.41, 5.74) is 13.8. The topological polar surface area (TPSA) is 196 Å². The summed E-state index contributed by atoms with van der Waals surface area (Å²) in [5, 5.41) is 23.7. The van der Waals surface area contributed by atoms with Gasteiger partial charge in [-0.15, -0.1) is 0 Å². The summed E-state index contributed by atoms with van der Waals surface area (Å²) in [6.45, 7) is 5.96. The van der Waals surface area contributed by atoms with Crippen LogP contribution in [0.15, 0.2) is 110 Å². The Labute approximate surface area is 465 Å². The minimum Gasteiger partial charge on any atom is -0.493 e. The van der Waals surface area contributed by atoms with E-state index in [-0.39, 0.29) is 50.5 Å². The van der Waals surface area contributed by atoms with Gasteiger partial charge in [0, 0.05) is 87.4 Å². The number of fused-ring (bicyclic) bond motifs is 4. The molecule has 0 unspecified atom stereocenters. The average Bonchev–Trinajstić information content (AvgIpc) is 4.04. The first-order valence-corrected chi connectivity index (χ1v) is 25.1. The smallest absolute Gasteiger partial charge is 0.339 e. The average molecular weight is 1130 g/mol. The molecular formula is C52H52Cl4N10O7S2. The zero-order valence-corrected chi connectivity index (χ0v) is 45.1. The number of nitrogens with one attached hydrogen (secondary N) is 1. The maximum atomic E-state index is 13.7. The number of aromatic carboxylic acids is 1. The molecule has 2 fully saturated rings. The maximum absolute atomic E-state index is 13.7. The SMILES string of the molecule is N[C@H]1CCOc2ccccc21.O=C(N[C@H]1CCOc2ccccc21)c1cnn2c(-c3cc(Cl)cc(Cl)c3)cnc2c1N1CCOCC1.O=C(O)c1cnn2c(-c3cc(Cl)cc(Cl)c3)cnc2c1N1CCOCC1.S.S. The number of ether oxygens (including phenoxy) is 4.